The van der Waals surface area contributed by atoms with E-state index in [9.17, 15) is 9.90 Å². The number of rotatable bonds is 4. The van der Waals surface area contributed by atoms with Crippen molar-refractivity contribution in [1.82, 2.24) is 0 Å². The molecular formula is C23H25NO4. The Labute approximate surface area is 164 Å². The molecule has 5 nitrogen and oxygen atoms in total. The van der Waals surface area contributed by atoms with Gasteiger partial charge in [-0.2, -0.15) is 0 Å². The zero-order chi connectivity index (χ0) is 19.4. The molecular weight excluding hydrogens is 354 g/mol. The number of carbonyl (C=O) groups is 1. The second kappa shape index (κ2) is 6.43. The molecule has 2 aliphatic carbocycles. The van der Waals surface area contributed by atoms with Crippen molar-refractivity contribution in [3.05, 3.63) is 53.1 Å². The molecule has 0 spiro atoms. The molecule has 0 radical (unpaired) electrons. The highest BCUT2D eigenvalue weighted by atomic mass is 16.5. The molecule has 0 aromatic heterocycles. The lowest BCUT2D eigenvalue weighted by atomic mass is 9.67. The van der Waals surface area contributed by atoms with Crippen molar-refractivity contribution in [2.45, 2.75) is 31.2 Å². The van der Waals surface area contributed by atoms with Crippen LogP contribution in [-0.2, 0) is 0 Å². The average Bonchev–Trinajstić information content (AvgIpc) is 3.34. The Hall–Kier alpha value is -2.69. The minimum absolute atomic E-state index is 0.133. The van der Waals surface area contributed by atoms with Gasteiger partial charge in [0.1, 0.15) is 0 Å². The van der Waals surface area contributed by atoms with E-state index in [-0.39, 0.29) is 6.04 Å². The summed E-state index contributed by atoms with van der Waals surface area (Å²) in [7, 11) is 3.36. The summed E-state index contributed by atoms with van der Waals surface area (Å²) in [4.78, 5) is 11.5. The van der Waals surface area contributed by atoms with Crippen molar-refractivity contribution in [2.24, 2.45) is 17.8 Å². The van der Waals surface area contributed by atoms with Crippen molar-refractivity contribution < 1.29 is 19.4 Å². The number of anilines is 1. The van der Waals surface area contributed by atoms with Gasteiger partial charge < -0.3 is 19.9 Å². The summed E-state index contributed by atoms with van der Waals surface area (Å²) in [6.45, 7) is 0. The first-order chi connectivity index (χ1) is 13.6. The molecule has 5 heteroatoms. The molecule has 28 heavy (non-hydrogen) atoms. The number of para-hydroxylation sites is 1. The van der Waals surface area contributed by atoms with Crippen molar-refractivity contribution in [3.8, 4) is 11.5 Å². The maximum Gasteiger partial charge on any atom is 0.335 e. The van der Waals surface area contributed by atoms with Crippen LogP contribution in [0.2, 0.25) is 0 Å². The number of aromatic carboxylic acids is 1. The molecule has 2 saturated carbocycles. The van der Waals surface area contributed by atoms with Crippen LogP contribution in [0.1, 0.15) is 52.7 Å². The number of hydrogen-bond donors (Lipinski definition) is 2. The van der Waals surface area contributed by atoms with Crippen LogP contribution >= 0.6 is 0 Å². The number of ether oxygens (including phenoxy) is 2. The minimum atomic E-state index is -0.862. The Morgan fingerprint density at radius 1 is 1.07 bits per heavy atom. The Kier molecular flexibility index (Phi) is 4.00. The normalized spacial score (nSPS) is 29.6. The first kappa shape index (κ1) is 17.4. The Balaban J connectivity index is 1.65. The molecule has 2 aromatic carbocycles. The van der Waals surface area contributed by atoms with Crippen LogP contribution < -0.4 is 14.8 Å². The van der Waals surface area contributed by atoms with Gasteiger partial charge in [-0.15, -0.1) is 0 Å². The highest BCUT2D eigenvalue weighted by Crippen LogP contribution is 2.64. The third kappa shape index (κ3) is 2.42. The minimum Gasteiger partial charge on any atom is -0.493 e. The quantitative estimate of drug-likeness (QED) is 0.806. The summed E-state index contributed by atoms with van der Waals surface area (Å²) in [5.41, 5.74) is 3.72. The van der Waals surface area contributed by atoms with Crippen LogP contribution in [0.4, 0.5) is 5.69 Å². The van der Waals surface area contributed by atoms with Gasteiger partial charge in [0.2, 0.25) is 0 Å². The predicted octanol–water partition coefficient (Wildman–Crippen LogP) is 4.70. The first-order valence-corrected chi connectivity index (χ1v) is 9.97. The summed E-state index contributed by atoms with van der Waals surface area (Å²) in [6, 6.07) is 11.7. The van der Waals surface area contributed by atoms with Crippen molar-refractivity contribution in [1.29, 1.82) is 0 Å². The molecule has 5 rings (SSSR count). The summed E-state index contributed by atoms with van der Waals surface area (Å²) >= 11 is 0. The van der Waals surface area contributed by atoms with E-state index < -0.39 is 5.97 Å². The monoisotopic (exact) mass is 379 g/mol. The van der Waals surface area contributed by atoms with Crippen LogP contribution in [0.25, 0.3) is 0 Å². The van der Waals surface area contributed by atoms with Gasteiger partial charge in [-0.05, 0) is 72.8 Å². The molecule has 2 bridgehead atoms. The predicted molar refractivity (Wildman–Crippen MR) is 106 cm³/mol. The van der Waals surface area contributed by atoms with Crippen LogP contribution in [0, 0.1) is 17.8 Å². The fourth-order valence-electron chi connectivity index (χ4n) is 6.09. The van der Waals surface area contributed by atoms with Crippen LogP contribution in [-0.4, -0.2) is 25.3 Å². The molecule has 2 N–H and O–H groups in total. The molecule has 5 atom stereocenters. The van der Waals surface area contributed by atoms with Crippen molar-refractivity contribution >= 4 is 11.7 Å². The van der Waals surface area contributed by atoms with E-state index >= 15 is 0 Å². The lowest BCUT2D eigenvalue weighted by Gasteiger charge is -2.44. The standard InChI is InChI=1S/C23H25NO4/c1-27-18-5-3-4-15(22(18)28-2)21-20-13-7-6-12(10-13)19(20)16-11-14(23(25)26)8-9-17(16)24-21/h3-5,8-9,11-13,19-21,24H,6-7,10H2,1-2H3,(H,25,26). The van der Waals surface area contributed by atoms with E-state index in [0.29, 0.717) is 29.2 Å². The van der Waals surface area contributed by atoms with Crippen LogP contribution in [0.15, 0.2) is 36.4 Å². The summed E-state index contributed by atoms with van der Waals surface area (Å²) < 4.78 is 11.3. The van der Waals surface area contributed by atoms with E-state index in [1.807, 2.05) is 24.3 Å². The molecule has 5 unspecified atom stereocenters. The number of hydrogen-bond acceptors (Lipinski definition) is 4. The maximum atomic E-state index is 11.5. The maximum absolute atomic E-state index is 11.5. The molecule has 3 aliphatic rings. The third-order valence-corrected chi connectivity index (χ3v) is 7.10. The second-order valence-electron chi connectivity index (χ2n) is 8.25. The Morgan fingerprint density at radius 2 is 1.89 bits per heavy atom. The average molecular weight is 379 g/mol. The van der Waals surface area contributed by atoms with E-state index in [0.717, 1.165) is 22.7 Å². The smallest absolute Gasteiger partial charge is 0.335 e. The Morgan fingerprint density at radius 3 is 2.64 bits per heavy atom. The number of methoxy groups -OCH3 is 2. The molecule has 1 heterocycles. The lowest BCUT2D eigenvalue weighted by molar-refractivity contribution is 0.0696. The van der Waals surface area contributed by atoms with Crippen LogP contribution in [0.5, 0.6) is 11.5 Å². The second-order valence-corrected chi connectivity index (χ2v) is 8.25. The van der Waals surface area contributed by atoms with E-state index in [1.165, 1.54) is 24.8 Å². The van der Waals surface area contributed by atoms with Gasteiger partial charge in [-0.1, -0.05) is 12.1 Å². The molecule has 2 fully saturated rings. The van der Waals surface area contributed by atoms with Gasteiger partial charge in [-0.25, -0.2) is 4.79 Å². The zero-order valence-electron chi connectivity index (χ0n) is 16.1. The van der Waals surface area contributed by atoms with Crippen LogP contribution in [0.3, 0.4) is 0 Å². The summed E-state index contributed by atoms with van der Waals surface area (Å²) in [6.07, 6.45) is 3.73. The summed E-state index contributed by atoms with van der Waals surface area (Å²) in [5.74, 6) is 2.80. The first-order valence-electron chi connectivity index (χ1n) is 9.97. The highest BCUT2D eigenvalue weighted by Gasteiger charge is 2.54. The van der Waals surface area contributed by atoms with Gasteiger partial charge in [0, 0.05) is 11.3 Å². The largest absolute Gasteiger partial charge is 0.493 e. The SMILES string of the molecule is COc1cccc(C2Nc3ccc(C(=O)O)cc3C3C4CCC(C4)C23)c1OC. The Bertz CT molecular complexity index is 940. The fourth-order valence-corrected chi connectivity index (χ4v) is 6.09. The number of carboxylic acids is 1. The highest BCUT2D eigenvalue weighted by molar-refractivity contribution is 5.89. The topological polar surface area (TPSA) is 67.8 Å². The molecule has 146 valence electrons. The molecule has 0 saturated heterocycles. The summed E-state index contributed by atoms with van der Waals surface area (Å²) in [5, 5.41) is 13.2. The van der Waals surface area contributed by atoms with Gasteiger partial charge >= 0.3 is 5.97 Å². The van der Waals surface area contributed by atoms with E-state index in [2.05, 4.69) is 11.4 Å². The number of benzene rings is 2. The van der Waals surface area contributed by atoms with Crippen molar-refractivity contribution in [2.75, 3.05) is 19.5 Å². The molecule has 1 aliphatic heterocycles. The van der Waals surface area contributed by atoms with Gasteiger partial charge in [0.25, 0.3) is 0 Å². The lowest BCUT2D eigenvalue weighted by Crippen LogP contribution is -2.35. The molecule has 0 amide bonds. The zero-order valence-corrected chi connectivity index (χ0v) is 16.1. The van der Waals surface area contributed by atoms with Gasteiger partial charge in [-0.3, -0.25) is 0 Å². The van der Waals surface area contributed by atoms with E-state index in [4.69, 9.17) is 9.47 Å². The van der Waals surface area contributed by atoms with Crippen molar-refractivity contribution in [3.63, 3.8) is 0 Å². The molecule has 2 aromatic rings. The van der Waals surface area contributed by atoms with E-state index in [1.54, 1.807) is 20.3 Å². The number of carboxylic acid groups (broad SMARTS) is 1. The number of nitrogens with one attached hydrogen (secondary N) is 1. The number of fused-ring (bicyclic) bond motifs is 7. The van der Waals surface area contributed by atoms with Gasteiger partial charge in [0.05, 0.1) is 25.8 Å². The third-order valence-electron chi connectivity index (χ3n) is 7.10. The fraction of sp³-hybridized carbons (Fsp3) is 0.435. The van der Waals surface area contributed by atoms with Gasteiger partial charge in [0.15, 0.2) is 11.5 Å².